The molecule has 1 aliphatic heterocycles. The lowest BCUT2D eigenvalue weighted by Crippen LogP contribution is -2.37. The first kappa shape index (κ1) is 16.2. The van der Waals surface area contributed by atoms with Gasteiger partial charge in [0, 0.05) is 43.9 Å². The number of pyridine rings is 1. The number of hydrogen-bond acceptors (Lipinski definition) is 3. The van der Waals surface area contributed by atoms with Crippen LogP contribution in [-0.2, 0) is 26.1 Å². The fraction of sp³-hybridized carbons (Fsp3) is 0.706. The van der Waals surface area contributed by atoms with Crippen LogP contribution in [0.4, 0.5) is 0 Å². The van der Waals surface area contributed by atoms with Gasteiger partial charge in [0.1, 0.15) is 0 Å². The van der Waals surface area contributed by atoms with Crippen LogP contribution in [0.25, 0.3) is 0 Å². The van der Waals surface area contributed by atoms with Crippen LogP contribution in [0.2, 0.25) is 0 Å². The third-order valence-electron chi connectivity index (χ3n) is 4.03. The van der Waals surface area contributed by atoms with Crippen molar-refractivity contribution >= 4 is 0 Å². The molecule has 0 saturated heterocycles. The van der Waals surface area contributed by atoms with E-state index in [1.54, 1.807) is 0 Å². The Balaban J connectivity index is 2.38. The SMILES string of the molecule is CCCNCc1cc2c(n(CC(C)C)c1=O)CCN(C)C2. The zero-order chi connectivity index (χ0) is 15.4. The van der Waals surface area contributed by atoms with Gasteiger partial charge in [-0.05, 0) is 37.6 Å². The van der Waals surface area contributed by atoms with Crippen LogP contribution in [0.3, 0.4) is 0 Å². The Labute approximate surface area is 128 Å². The standard InChI is InChI=1S/C17H29N3O/c1-5-7-18-10-14-9-15-12-19(4)8-6-16(15)20(17(14)21)11-13(2)3/h9,13,18H,5-8,10-12H2,1-4H3. The summed E-state index contributed by atoms with van der Waals surface area (Å²) in [6.45, 7) is 11.0. The minimum atomic E-state index is 0.204. The highest BCUT2D eigenvalue weighted by molar-refractivity contribution is 5.29. The van der Waals surface area contributed by atoms with Crippen LogP contribution in [0.15, 0.2) is 10.9 Å². The van der Waals surface area contributed by atoms with Gasteiger partial charge in [-0.25, -0.2) is 0 Å². The summed E-state index contributed by atoms with van der Waals surface area (Å²) in [4.78, 5) is 15.1. The highest BCUT2D eigenvalue weighted by Gasteiger charge is 2.20. The van der Waals surface area contributed by atoms with Gasteiger partial charge in [-0.1, -0.05) is 20.8 Å². The van der Waals surface area contributed by atoms with Gasteiger partial charge in [0.05, 0.1) is 0 Å². The molecule has 0 bridgehead atoms. The minimum absolute atomic E-state index is 0.204. The molecular formula is C17H29N3O. The van der Waals surface area contributed by atoms with Crippen LogP contribution in [0, 0.1) is 5.92 Å². The topological polar surface area (TPSA) is 37.3 Å². The normalized spacial score (nSPS) is 15.5. The molecule has 0 radical (unpaired) electrons. The van der Waals surface area contributed by atoms with Gasteiger partial charge in [0.15, 0.2) is 0 Å². The quantitative estimate of drug-likeness (QED) is 0.815. The molecule has 4 heteroatoms. The maximum absolute atomic E-state index is 12.8. The third kappa shape index (κ3) is 3.95. The molecule has 0 spiro atoms. The van der Waals surface area contributed by atoms with Crippen molar-refractivity contribution in [3.8, 4) is 0 Å². The van der Waals surface area contributed by atoms with Crippen LogP contribution >= 0.6 is 0 Å². The lowest BCUT2D eigenvalue weighted by atomic mass is 10.0. The van der Waals surface area contributed by atoms with E-state index in [0.29, 0.717) is 12.5 Å². The lowest BCUT2D eigenvalue weighted by Gasteiger charge is -2.29. The second kappa shape index (κ2) is 7.23. The molecule has 0 fully saturated rings. The van der Waals surface area contributed by atoms with Crippen molar-refractivity contribution in [2.45, 2.75) is 53.2 Å². The number of nitrogens with one attached hydrogen (secondary N) is 1. The second-order valence-electron chi connectivity index (χ2n) is 6.62. The Morgan fingerprint density at radius 2 is 2.14 bits per heavy atom. The molecule has 1 aromatic heterocycles. The number of nitrogens with zero attached hydrogens (tertiary/aromatic N) is 2. The van der Waals surface area contributed by atoms with Crippen molar-refractivity contribution in [2.24, 2.45) is 5.92 Å². The summed E-state index contributed by atoms with van der Waals surface area (Å²) in [5, 5.41) is 3.36. The molecule has 0 aliphatic carbocycles. The predicted octanol–water partition coefficient (Wildman–Crippen LogP) is 1.99. The molecule has 1 aliphatic rings. The van der Waals surface area contributed by atoms with E-state index in [4.69, 9.17) is 0 Å². The Kier molecular flexibility index (Phi) is 5.59. The molecule has 118 valence electrons. The predicted molar refractivity (Wildman–Crippen MR) is 87.6 cm³/mol. The number of rotatable bonds is 6. The van der Waals surface area contributed by atoms with Crippen molar-refractivity contribution in [1.29, 1.82) is 0 Å². The molecule has 0 saturated carbocycles. The molecule has 2 rings (SSSR count). The zero-order valence-corrected chi connectivity index (χ0v) is 13.9. The van der Waals surface area contributed by atoms with Crippen molar-refractivity contribution in [1.82, 2.24) is 14.8 Å². The first-order chi connectivity index (χ1) is 10.0. The highest BCUT2D eigenvalue weighted by Crippen LogP contribution is 2.18. The molecule has 0 atom stereocenters. The summed E-state index contributed by atoms with van der Waals surface area (Å²) >= 11 is 0. The highest BCUT2D eigenvalue weighted by atomic mass is 16.1. The monoisotopic (exact) mass is 291 g/mol. The molecule has 1 N–H and O–H groups in total. The van der Waals surface area contributed by atoms with E-state index < -0.39 is 0 Å². The van der Waals surface area contributed by atoms with Crippen molar-refractivity contribution < 1.29 is 0 Å². The fourth-order valence-electron chi connectivity index (χ4n) is 3.01. The number of hydrogen-bond donors (Lipinski definition) is 1. The van der Waals surface area contributed by atoms with E-state index in [1.807, 2.05) is 4.57 Å². The largest absolute Gasteiger partial charge is 0.312 e. The summed E-state index contributed by atoms with van der Waals surface area (Å²) in [5.41, 5.74) is 3.71. The maximum Gasteiger partial charge on any atom is 0.255 e. The van der Waals surface area contributed by atoms with E-state index in [0.717, 1.165) is 44.6 Å². The molecule has 0 amide bonds. The van der Waals surface area contributed by atoms with Gasteiger partial charge in [-0.3, -0.25) is 4.79 Å². The van der Waals surface area contributed by atoms with Crippen LogP contribution in [0.5, 0.6) is 0 Å². The van der Waals surface area contributed by atoms with E-state index in [1.165, 1.54) is 11.3 Å². The first-order valence-corrected chi connectivity index (χ1v) is 8.16. The van der Waals surface area contributed by atoms with Gasteiger partial charge in [-0.2, -0.15) is 0 Å². The molecule has 2 heterocycles. The molecule has 1 aromatic rings. The summed E-state index contributed by atoms with van der Waals surface area (Å²) in [6.07, 6.45) is 2.07. The zero-order valence-electron chi connectivity index (χ0n) is 13.9. The van der Waals surface area contributed by atoms with E-state index in [-0.39, 0.29) is 5.56 Å². The number of aromatic nitrogens is 1. The Bertz CT molecular complexity index is 534. The van der Waals surface area contributed by atoms with Crippen LogP contribution in [0.1, 0.15) is 44.0 Å². The summed E-state index contributed by atoms with van der Waals surface area (Å²) in [7, 11) is 2.15. The van der Waals surface area contributed by atoms with Crippen LogP contribution in [-0.4, -0.2) is 29.6 Å². The summed E-state index contributed by atoms with van der Waals surface area (Å²) < 4.78 is 2.04. The summed E-state index contributed by atoms with van der Waals surface area (Å²) in [5.74, 6) is 0.491. The maximum atomic E-state index is 12.8. The summed E-state index contributed by atoms with van der Waals surface area (Å²) in [6, 6.07) is 2.13. The third-order valence-corrected chi connectivity index (χ3v) is 4.03. The Morgan fingerprint density at radius 1 is 1.38 bits per heavy atom. The van der Waals surface area contributed by atoms with Gasteiger partial charge in [0.2, 0.25) is 0 Å². The second-order valence-corrected chi connectivity index (χ2v) is 6.62. The first-order valence-electron chi connectivity index (χ1n) is 8.16. The molecule has 0 aromatic carbocycles. The van der Waals surface area contributed by atoms with E-state index >= 15 is 0 Å². The van der Waals surface area contributed by atoms with Crippen molar-refractivity contribution in [3.63, 3.8) is 0 Å². The average Bonchev–Trinajstić information content (AvgIpc) is 2.42. The number of fused-ring (bicyclic) bond motifs is 1. The average molecular weight is 291 g/mol. The molecule has 21 heavy (non-hydrogen) atoms. The van der Waals surface area contributed by atoms with Gasteiger partial charge in [0.25, 0.3) is 5.56 Å². The van der Waals surface area contributed by atoms with Gasteiger partial charge in [-0.15, -0.1) is 0 Å². The van der Waals surface area contributed by atoms with Crippen molar-refractivity contribution in [2.75, 3.05) is 20.1 Å². The number of likely N-dealkylation sites (N-methyl/N-ethyl adjacent to an activating group) is 1. The van der Waals surface area contributed by atoms with E-state index in [2.05, 4.69) is 44.1 Å². The molecular weight excluding hydrogens is 262 g/mol. The smallest absolute Gasteiger partial charge is 0.255 e. The fourth-order valence-corrected chi connectivity index (χ4v) is 3.01. The van der Waals surface area contributed by atoms with Crippen LogP contribution < -0.4 is 10.9 Å². The van der Waals surface area contributed by atoms with E-state index in [9.17, 15) is 4.79 Å². The molecule has 4 nitrogen and oxygen atoms in total. The van der Waals surface area contributed by atoms with Gasteiger partial charge >= 0.3 is 0 Å². The lowest BCUT2D eigenvalue weighted by molar-refractivity contribution is 0.301. The Morgan fingerprint density at radius 3 is 2.81 bits per heavy atom. The van der Waals surface area contributed by atoms with Gasteiger partial charge < -0.3 is 14.8 Å². The minimum Gasteiger partial charge on any atom is -0.312 e. The Hall–Kier alpha value is -1.13. The van der Waals surface area contributed by atoms with Crippen molar-refractivity contribution in [3.05, 3.63) is 33.2 Å². The molecule has 0 unspecified atom stereocenters.